The van der Waals surface area contributed by atoms with E-state index in [1.807, 2.05) is 0 Å². The molecule has 0 unspecified atom stereocenters. The Hall–Kier alpha value is -0.980. The van der Waals surface area contributed by atoms with E-state index in [-0.39, 0.29) is 0 Å². The number of rotatable bonds is 3. The highest BCUT2D eigenvalue weighted by Crippen LogP contribution is 2.29. The van der Waals surface area contributed by atoms with Gasteiger partial charge in [0.15, 0.2) is 0 Å². The average molecular weight is 192 g/mol. The summed E-state index contributed by atoms with van der Waals surface area (Å²) < 4.78 is 5.34. The van der Waals surface area contributed by atoms with Crippen molar-refractivity contribution in [1.29, 1.82) is 0 Å². The summed E-state index contributed by atoms with van der Waals surface area (Å²) in [5.41, 5.74) is 2.69. The van der Waals surface area contributed by atoms with E-state index in [1.54, 1.807) is 7.11 Å². The molecule has 1 heteroatoms. The summed E-state index contributed by atoms with van der Waals surface area (Å²) >= 11 is 0. The SMILES string of the molecule is COc1ccc(C(C)C)cc1C(C)C. The summed E-state index contributed by atoms with van der Waals surface area (Å²) in [5.74, 6) is 2.10. The fourth-order valence-corrected chi connectivity index (χ4v) is 1.56. The Balaban J connectivity index is 3.14. The van der Waals surface area contributed by atoms with Crippen molar-refractivity contribution >= 4 is 0 Å². The maximum Gasteiger partial charge on any atom is 0.122 e. The van der Waals surface area contributed by atoms with E-state index in [1.165, 1.54) is 11.1 Å². The lowest BCUT2D eigenvalue weighted by Crippen LogP contribution is -1.97. The molecule has 0 aliphatic rings. The molecule has 0 N–H and O–H groups in total. The van der Waals surface area contributed by atoms with Crippen molar-refractivity contribution < 1.29 is 4.74 Å². The average Bonchev–Trinajstić information content (AvgIpc) is 2.16. The van der Waals surface area contributed by atoms with Gasteiger partial charge in [0.1, 0.15) is 5.75 Å². The summed E-state index contributed by atoms with van der Waals surface area (Å²) in [6.07, 6.45) is 0. The molecule has 14 heavy (non-hydrogen) atoms. The minimum Gasteiger partial charge on any atom is -0.496 e. The molecular weight excluding hydrogens is 172 g/mol. The third-order valence-electron chi connectivity index (χ3n) is 2.54. The molecule has 0 amide bonds. The van der Waals surface area contributed by atoms with E-state index >= 15 is 0 Å². The molecule has 0 aliphatic heterocycles. The molecule has 0 heterocycles. The van der Waals surface area contributed by atoms with Crippen molar-refractivity contribution in [3.8, 4) is 5.75 Å². The smallest absolute Gasteiger partial charge is 0.122 e. The van der Waals surface area contributed by atoms with Crippen LogP contribution in [0.25, 0.3) is 0 Å². The lowest BCUT2D eigenvalue weighted by atomic mass is 9.95. The summed E-state index contributed by atoms with van der Waals surface area (Å²) in [6.45, 7) is 8.82. The summed E-state index contributed by atoms with van der Waals surface area (Å²) in [5, 5.41) is 0. The molecule has 1 nitrogen and oxygen atoms in total. The molecule has 0 bridgehead atoms. The molecule has 1 aromatic carbocycles. The monoisotopic (exact) mass is 192 g/mol. The molecular formula is C13H20O. The normalized spacial score (nSPS) is 11.1. The van der Waals surface area contributed by atoms with E-state index in [2.05, 4.69) is 45.9 Å². The molecule has 0 spiro atoms. The Morgan fingerprint density at radius 2 is 1.64 bits per heavy atom. The van der Waals surface area contributed by atoms with Crippen LogP contribution in [0.2, 0.25) is 0 Å². The quantitative estimate of drug-likeness (QED) is 0.704. The van der Waals surface area contributed by atoms with Gasteiger partial charge in [-0.25, -0.2) is 0 Å². The van der Waals surface area contributed by atoms with E-state index in [0.29, 0.717) is 11.8 Å². The zero-order chi connectivity index (χ0) is 10.7. The minimum absolute atomic E-state index is 0.517. The van der Waals surface area contributed by atoms with E-state index in [9.17, 15) is 0 Å². The van der Waals surface area contributed by atoms with Gasteiger partial charge in [0.2, 0.25) is 0 Å². The number of ether oxygens (including phenoxy) is 1. The predicted molar refractivity (Wildman–Crippen MR) is 61.2 cm³/mol. The third-order valence-corrected chi connectivity index (χ3v) is 2.54. The molecule has 0 aromatic heterocycles. The highest BCUT2D eigenvalue weighted by Gasteiger charge is 2.09. The molecule has 1 aromatic rings. The van der Waals surface area contributed by atoms with Crippen molar-refractivity contribution in [2.24, 2.45) is 0 Å². The van der Waals surface area contributed by atoms with Crippen molar-refractivity contribution in [3.63, 3.8) is 0 Å². The van der Waals surface area contributed by atoms with Crippen LogP contribution in [-0.2, 0) is 0 Å². The van der Waals surface area contributed by atoms with Crippen molar-refractivity contribution in [2.75, 3.05) is 7.11 Å². The molecule has 0 radical (unpaired) electrons. The Morgan fingerprint density at radius 3 is 2.07 bits per heavy atom. The summed E-state index contributed by atoms with van der Waals surface area (Å²) in [7, 11) is 1.73. The predicted octanol–water partition coefficient (Wildman–Crippen LogP) is 3.94. The van der Waals surface area contributed by atoms with Gasteiger partial charge in [-0.1, -0.05) is 39.8 Å². The van der Waals surface area contributed by atoms with Crippen LogP contribution in [0.3, 0.4) is 0 Å². The number of hydrogen-bond acceptors (Lipinski definition) is 1. The molecule has 0 aliphatic carbocycles. The first-order valence-corrected chi connectivity index (χ1v) is 5.24. The molecule has 0 saturated heterocycles. The van der Waals surface area contributed by atoms with Gasteiger partial charge in [0.05, 0.1) is 7.11 Å². The highest BCUT2D eigenvalue weighted by atomic mass is 16.5. The van der Waals surface area contributed by atoms with Gasteiger partial charge < -0.3 is 4.74 Å². The van der Waals surface area contributed by atoms with Crippen LogP contribution in [0.5, 0.6) is 5.75 Å². The van der Waals surface area contributed by atoms with Crippen molar-refractivity contribution in [3.05, 3.63) is 29.3 Å². The summed E-state index contributed by atoms with van der Waals surface area (Å²) in [6, 6.07) is 6.48. The van der Waals surface area contributed by atoms with Gasteiger partial charge >= 0.3 is 0 Å². The van der Waals surface area contributed by atoms with Crippen LogP contribution in [0, 0.1) is 0 Å². The maximum atomic E-state index is 5.34. The maximum absolute atomic E-state index is 5.34. The van der Waals surface area contributed by atoms with Gasteiger partial charge in [0, 0.05) is 0 Å². The van der Waals surface area contributed by atoms with E-state index < -0.39 is 0 Å². The van der Waals surface area contributed by atoms with E-state index in [0.717, 1.165) is 5.75 Å². The Bertz CT molecular complexity index is 300. The first kappa shape index (κ1) is 11.1. The fraction of sp³-hybridized carbons (Fsp3) is 0.538. The lowest BCUT2D eigenvalue weighted by Gasteiger charge is -2.15. The summed E-state index contributed by atoms with van der Waals surface area (Å²) in [4.78, 5) is 0. The van der Waals surface area contributed by atoms with Gasteiger partial charge in [-0.3, -0.25) is 0 Å². The van der Waals surface area contributed by atoms with Crippen LogP contribution in [0.4, 0.5) is 0 Å². The van der Waals surface area contributed by atoms with Gasteiger partial charge in [-0.2, -0.15) is 0 Å². The molecule has 0 atom stereocenters. The molecule has 78 valence electrons. The fourth-order valence-electron chi connectivity index (χ4n) is 1.56. The lowest BCUT2D eigenvalue weighted by molar-refractivity contribution is 0.407. The number of benzene rings is 1. The number of hydrogen-bond donors (Lipinski definition) is 0. The Kier molecular flexibility index (Phi) is 3.56. The van der Waals surface area contributed by atoms with Crippen molar-refractivity contribution in [1.82, 2.24) is 0 Å². The molecule has 1 rings (SSSR count). The van der Waals surface area contributed by atoms with E-state index in [4.69, 9.17) is 4.74 Å². The second-order valence-corrected chi connectivity index (χ2v) is 4.31. The first-order chi connectivity index (χ1) is 6.56. The minimum atomic E-state index is 0.517. The molecule has 0 fully saturated rings. The second-order valence-electron chi connectivity index (χ2n) is 4.31. The Morgan fingerprint density at radius 1 is 1.00 bits per heavy atom. The van der Waals surface area contributed by atoms with Gasteiger partial charge in [0.25, 0.3) is 0 Å². The zero-order valence-electron chi connectivity index (χ0n) is 9.79. The van der Waals surface area contributed by atoms with Crippen LogP contribution < -0.4 is 4.74 Å². The first-order valence-electron chi connectivity index (χ1n) is 5.24. The van der Waals surface area contributed by atoms with Crippen molar-refractivity contribution in [2.45, 2.75) is 39.5 Å². The molecule has 0 saturated carbocycles. The zero-order valence-corrected chi connectivity index (χ0v) is 9.79. The van der Waals surface area contributed by atoms with Crippen LogP contribution >= 0.6 is 0 Å². The van der Waals surface area contributed by atoms with Gasteiger partial charge in [-0.05, 0) is 29.0 Å². The van der Waals surface area contributed by atoms with Gasteiger partial charge in [-0.15, -0.1) is 0 Å². The standard InChI is InChI=1S/C13H20O/c1-9(2)11-6-7-13(14-5)12(8-11)10(3)4/h6-10H,1-5H3. The second kappa shape index (κ2) is 4.50. The topological polar surface area (TPSA) is 9.23 Å². The highest BCUT2D eigenvalue weighted by molar-refractivity contribution is 5.40. The largest absolute Gasteiger partial charge is 0.496 e. The van der Waals surface area contributed by atoms with Crippen LogP contribution in [-0.4, -0.2) is 7.11 Å². The number of methoxy groups -OCH3 is 1. The van der Waals surface area contributed by atoms with Crippen LogP contribution in [0.15, 0.2) is 18.2 Å². The third kappa shape index (κ3) is 2.28. The van der Waals surface area contributed by atoms with Crippen LogP contribution in [0.1, 0.15) is 50.7 Å². The Labute approximate surface area is 87.1 Å².